The van der Waals surface area contributed by atoms with E-state index in [1.807, 2.05) is 0 Å². The summed E-state index contributed by atoms with van der Waals surface area (Å²) in [6.07, 6.45) is 3.16. The molecule has 0 unspecified atom stereocenters. The van der Waals surface area contributed by atoms with Gasteiger partial charge in [-0.05, 0) is 41.5 Å². The second-order valence-electron chi connectivity index (χ2n) is 5.78. The first-order chi connectivity index (χ1) is 12.4. The molecule has 0 aliphatic heterocycles. The molecule has 1 aromatic carbocycles. The van der Waals surface area contributed by atoms with E-state index in [9.17, 15) is 18.4 Å². The SMILES string of the molecule is Cn1ccc(C(=O)Nc2ccc(Cc3cc(F)ccc3F)cn2)cc1=O. The first-order valence-electron chi connectivity index (χ1n) is 7.79. The van der Waals surface area contributed by atoms with Gasteiger partial charge >= 0.3 is 0 Å². The Morgan fingerprint density at radius 2 is 1.96 bits per heavy atom. The number of aryl methyl sites for hydroxylation is 1. The first-order valence-corrected chi connectivity index (χ1v) is 7.79. The molecule has 0 fully saturated rings. The van der Waals surface area contributed by atoms with E-state index in [0.29, 0.717) is 11.4 Å². The maximum Gasteiger partial charge on any atom is 0.257 e. The van der Waals surface area contributed by atoms with Crippen LogP contribution >= 0.6 is 0 Å². The van der Waals surface area contributed by atoms with Gasteiger partial charge in [-0.3, -0.25) is 9.59 Å². The minimum atomic E-state index is -0.507. The fourth-order valence-electron chi connectivity index (χ4n) is 2.38. The van der Waals surface area contributed by atoms with Gasteiger partial charge in [0, 0.05) is 37.5 Å². The lowest BCUT2D eigenvalue weighted by Crippen LogP contribution is -2.20. The minimum absolute atomic E-state index is 0.180. The van der Waals surface area contributed by atoms with E-state index in [4.69, 9.17) is 0 Å². The third-order valence-electron chi connectivity index (χ3n) is 3.84. The van der Waals surface area contributed by atoms with Crippen LogP contribution in [0.3, 0.4) is 0 Å². The summed E-state index contributed by atoms with van der Waals surface area (Å²) < 4.78 is 28.3. The summed E-state index contributed by atoms with van der Waals surface area (Å²) in [4.78, 5) is 27.8. The monoisotopic (exact) mass is 355 g/mol. The van der Waals surface area contributed by atoms with E-state index in [1.165, 1.54) is 29.1 Å². The number of hydrogen-bond acceptors (Lipinski definition) is 3. The van der Waals surface area contributed by atoms with Gasteiger partial charge in [-0.15, -0.1) is 0 Å². The maximum absolute atomic E-state index is 13.7. The van der Waals surface area contributed by atoms with Crippen LogP contribution in [0.5, 0.6) is 0 Å². The third kappa shape index (κ3) is 4.00. The Morgan fingerprint density at radius 1 is 1.15 bits per heavy atom. The van der Waals surface area contributed by atoms with Crippen molar-refractivity contribution in [3.63, 3.8) is 0 Å². The number of rotatable bonds is 4. The predicted molar refractivity (Wildman–Crippen MR) is 93.0 cm³/mol. The molecule has 0 spiro atoms. The first kappa shape index (κ1) is 17.5. The van der Waals surface area contributed by atoms with Crippen LogP contribution in [0.4, 0.5) is 14.6 Å². The molecule has 0 aliphatic carbocycles. The van der Waals surface area contributed by atoms with Crippen LogP contribution in [0, 0.1) is 11.6 Å². The molecular weight excluding hydrogens is 340 g/mol. The lowest BCUT2D eigenvalue weighted by Gasteiger charge is -2.07. The number of nitrogens with zero attached hydrogens (tertiary/aromatic N) is 2. The smallest absolute Gasteiger partial charge is 0.257 e. The number of nitrogens with one attached hydrogen (secondary N) is 1. The van der Waals surface area contributed by atoms with Crippen LogP contribution in [0.1, 0.15) is 21.5 Å². The molecular formula is C19H15F2N3O2. The van der Waals surface area contributed by atoms with Crippen molar-refractivity contribution in [2.45, 2.75) is 6.42 Å². The maximum atomic E-state index is 13.7. The summed E-state index contributed by atoms with van der Waals surface area (Å²) >= 11 is 0. The van der Waals surface area contributed by atoms with Crippen molar-refractivity contribution in [3.8, 4) is 0 Å². The highest BCUT2D eigenvalue weighted by Gasteiger charge is 2.09. The summed E-state index contributed by atoms with van der Waals surface area (Å²) in [6, 6.07) is 9.26. The summed E-state index contributed by atoms with van der Waals surface area (Å²) in [7, 11) is 1.59. The van der Waals surface area contributed by atoms with Gasteiger partial charge in [0.1, 0.15) is 17.5 Å². The van der Waals surface area contributed by atoms with Gasteiger partial charge in [0.15, 0.2) is 0 Å². The summed E-state index contributed by atoms with van der Waals surface area (Å²) in [6.45, 7) is 0. The highest BCUT2D eigenvalue weighted by atomic mass is 19.1. The third-order valence-corrected chi connectivity index (χ3v) is 3.84. The number of hydrogen-bond donors (Lipinski definition) is 1. The molecule has 132 valence electrons. The number of anilines is 1. The van der Waals surface area contributed by atoms with Crippen LogP contribution in [-0.4, -0.2) is 15.5 Å². The van der Waals surface area contributed by atoms with Crippen molar-refractivity contribution in [2.75, 3.05) is 5.32 Å². The number of benzene rings is 1. The Bertz CT molecular complexity index is 1010. The second-order valence-corrected chi connectivity index (χ2v) is 5.78. The van der Waals surface area contributed by atoms with Gasteiger partial charge in [-0.1, -0.05) is 6.07 Å². The fourth-order valence-corrected chi connectivity index (χ4v) is 2.38. The highest BCUT2D eigenvalue weighted by Crippen LogP contribution is 2.16. The Morgan fingerprint density at radius 3 is 2.65 bits per heavy atom. The van der Waals surface area contributed by atoms with Crippen LogP contribution in [0.2, 0.25) is 0 Å². The van der Waals surface area contributed by atoms with Crippen molar-refractivity contribution >= 4 is 11.7 Å². The van der Waals surface area contributed by atoms with E-state index >= 15 is 0 Å². The average Bonchev–Trinajstić information content (AvgIpc) is 2.62. The van der Waals surface area contributed by atoms with Crippen molar-refractivity contribution < 1.29 is 13.6 Å². The zero-order valence-corrected chi connectivity index (χ0v) is 13.9. The normalized spacial score (nSPS) is 10.6. The van der Waals surface area contributed by atoms with Crippen LogP contribution < -0.4 is 10.9 Å². The van der Waals surface area contributed by atoms with Crippen molar-refractivity contribution in [3.05, 3.63) is 93.5 Å². The number of amides is 1. The Kier molecular flexibility index (Phi) is 4.88. The molecule has 0 atom stereocenters. The van der Waals surface area contributed by atoms with Crippen molar-refractivity contribution in [1.82, 2.24) is 9.55 Å². The van der Waals surface area contributed by atoms with E-state index in [0.717, 1.165) is 18.2 Å². The van der Waals surface area contributed by atoms with E-state index < -0.39 is 17.5 Å². The topological polar surface area (TPSA) is 64.0 Å². The lowest BCUT2D eigenvalue weighted by molar-refractivity contribution is 0.102. The standard InChI is InChI=1S/C19H15F2N3O2/c1-24-7-6-13(10-18(24)25)19(26)23-17-5-2-12(11-22-17)8-14-9-15(20)3-4-16(14)21/h2-7,9-11H,8H2,1H3,(H,22,23,26). The van der Waals surface area contributed by atoms with E-state index in [2.05, 4.69) is 10.3 Å². The Hall–Kier alpha value is -3.35. The molecule has 2 heterocycles. The molecule has 0 saturated heterocycles. The van der Waals surface area contributed by atoms with Gasteiger partial charge < -0.3 is 9.88 Å². The number of pyridine rings is 2. The van der Waals surface area contributed by atoms with Gasteiger partial charge in [0.2, 0.25) is 0 Å². The van der Waals surface area contributed by atoms with E-state index in [1.54, 1.807) is 19.2 Å². The fraction of sp³-hybridized carbons (Fsp3) is 0.105. The molecule has 1 N–H and O–H groups in total. The predicted octanol–water partition coefficient (Wildman–Crippen LogP) is 2.90. The quantitative estimate of drug-likeness (QED) is 0.783. The van der Waals surface area contributed by atoms with Gasteiger partial charge in [0.05, 0.1) is 0 Å². The zero-order chi connectivity index (χ0) is 18.7. The summed E-state index contributed by atoms with van der Waals surface area (Å²) in [5.74, 6) is -1.17. The highest BCUT2D eigenvalue weighted by molar-refractivity contribution is 6.03. The molecule has 0 saturated carbocycles. The zero-order valence-electron chi connectivity index (χ0n) is 13.9. The second kappa shape index (κ2) is 7.26. The van der Waals surface area contributed by atoms with Crippen LogP contribution in [-0.2, 0) is 13.5 Å². The Balaban J connectivity index is 1.71. The molecule has 0 bridgehead atoms. The lowest BCUT2D eigenvalue weighted by atomic mass is 10.1. The van der Waals surface area contributed by atoms with Crippen molar-refractivity contribution in [1.29, 1.82) is 0 Å². The molecule has 3 rings (SSSR count). The minimum Gasteiger partial charge on any atom is -0.319 e. The van der Waals surface area contributed by atoms with Crippen molar-refractivity contribution in [2.24, 2.45) is 7.05 Å². The van der Waals surface area contributed by atoms with Gasteiger partial charge in [-0.2, -0.15) is 0 Å². The number of carbonyl (C=O) groups excluding carboxylic acids is 1. The van der Waals surface area contributed by atoms with Gasteiger partial charge in [0.25, 0.3) is 11.5 Å². The molecule has 5 nitrogen and oxygen atoms in total. The number of halogens is 2. The largest absolute Gasteiger partial charge is 0.319 e. The molecule has 7 heteroatoms. The molecule has 1 amide bonds. The molecule has 26 heavy (non-hydrogen) atoms. The van der Waals surface area contributed by atoms with E-state index in [-0.39, 0.29) is 23.1 Å². The molecule has 0 radical (unpaired) electrons. The van der Waals surface area contributed by atoms with Crippen LogP contribution in [0.25, 0.3) is 0 Å². The molecule has 0 aliphatic rings. The molecule has 2 aromatic heterocycles. The summed E-state index contributed by atoms with van der Waals surface area (Å²) in [5, 5.41) is 2.58. The van der Waals surface area contributed by atoms with Gasteiger partial charge in [-0.25, -0.2) is 13.8 Å². The Labute approximate surface area is 147 Å². The van der Waals surface area contributed by atoms with Crippen LogP contribution in [0.15, 0.2) is 59.7 Å². The summed E-state index contributed by atoms with van der Waals surface area (Å²) in [5.41, 5.74) is 0.823. The average molecular weight is 355 g/mol. The number of carbonyl (C=O) groups is 1. The molecule has 3 aromatic rings. The number of aromatic nitrogens is 2.